The van der Waals surface area contributed by atoms with Gasteiger partial charge < -0.3 is 25.2 Å². The molecule has 2 aromatic rings. The van der Waals surface area contributed by atoms with Crippen molar-refractivity contribution in [3.63, 3.8) is 0 Å². The summed E-state index contributed by atoms with van der Waals surface area (Å²) in [7, 11) is 1.62. The molecular formula is C20H23ClO5S. The topological polar surface area (TPSA) is 90.2 Å². The number of rotatable bonds is 5. The molecular weight excluding hydrogens is 388 g/mol. The number of methoxy groups -OCH3 is 1. The third-order valence-electron chi connectivity index (χ3n) is 4.84. The molecule has 0 unspecified atom stereocenters. The third kappa shape index (κ3) is 4.42. The van der Waals surface area contributed by atoms with Gasteiger partial charge in [0.2, 0.25) is 0 Å². The highest BCUT2D eigenvalue weighted by Gasteiger charge is 2.43. The van der Waals surface area contributed by atoms with Crippen LogP contribution in [0.25, 0.3) is 0 Å². The Bertz CT molecular complexity index is 767. The molecule has 0 radical (unpaired) electrons. The number of aliphatic hydroxyl groups excluding tert-OH is 4. The van der Waals surface area contributed by atoms with Crippen LogP contribution in [-0.4, -0.2) is 57.7 Å². The molecule has 1 heterocycles. The van der Waals surface area contributed by atoms with Crippen molar-refractivity contribution >= 4 is 23.4 Å². The van der Waals surface area contributed by atoms with Gasteiger partial charge in [-0.3, -0.25) is 0 Å². The quantitative estimate of drug-likeness (QED) is 0.604. The van der Waals surface area contributed by atoms with Gasteiger partial charge in [0.15, 0.2) is 0 Å². The molecule has 7 heteroatoms. The maximum atomic E-state index is 10.4. The molecule has 1 aliphatic rings. The second-order valence-electron chi connectivity index (χ2n) is 6.63. The Morgan fingerprint density at radius 1 is 1.00 bits per heavy atom. The van der Waals surface area contributed by atoms with Crippen molar-refractivity contribution in [2.24, 2.45) is 0 Å². The van der Waals surface area contributed by atoms with Crippen LogP contribution >= 0.6 is 23.4 Å². The van der Waals surface area contributed by atoms with Gasteiger partial charge in [0.1, 0.15) is 11.9 Å². The van der Waals surface area contributed by atoms with Crippen LogP contribution in [0.5, 0.6) is 5.75 Å². The lowest BCUT2D eigenvalue weighted by atomic mass is 9.95. The predicted octanol–water partition coefficient (Wildman–Crippen LogP) is 2.17. The molecule has 1 aliphatic heterocycles. The molecule has 0 spiro atoms. The number of hydrogen-bond acceptors (Lipinski definition) is 6. The summed E-state index contributed by atoms with van der Waals surface area (Å²) in [5.74, 6) is 0.780. The van der Waals surface area contributed by atoms with E-state index in [9.17, 15) is 20.4 Å². The lowest BCUT2D eigenvalue weighted by Crippen LogP contribution is -2.51. The zero-order valence-electron chi connectivity index (χ0n) is 14.8. The fourth-order valence-electron chi connectivity index (χ4n) is 3.25. The van der Waals surface area contributed by atoms with Crippen LogP contribution in [0.15, 0.2) is 42.5 Å². The van der Waals surface area contributed by atoms with E-state index in [0.717, 1.165) is 22.4 Å². The Kier molecular flexibility index (Phi) is 6.68. The van der Waals surface area contributed by atoms with Crippen LogP contribution < -0.4 is 4.74 Å². The summed E-state index contributed by atoms with van der Waals surface area (Å²) in [6.45, 7) is -0.279. The lowest BCUT2D eigenvalue weighted by Gasteiger charge is -2.39. The van der Waals surface area contributed by atoms with Crippen molar-refractivity contribution in [2.45, 2.75) is 35.2 Å². The van der Waals surface area contributed by atoms with E-state index in [1.807, 2.05) is 30.3 Å². The molecule has 0 amide bonds. The number of aliphatic hydroxyl groups is 4. The molecule has 0 saturated carbocycles. The zero-order chi connectivity index (χ0) is 19.6. The van der Waals surface area contributed by atoms with Gasteiger partial charge in [-0.2, -0.15) is 0 Å². The summed E-state index contributed by atoms with van der Waals surface area (Å²) in [5.41, 5.74) is 2.76. The van der Waals surface area contributed by atoms with Gasteiger partial charge in [0.25, 0.3) is 0 Å². The van der Waals surface area contributed by atoms with Gasteiger partial charge in [0, 0.05) is 5.02 Å². The van der Waals surface area contributed by atoms with Crippen LogP contribution in [0.4, 0.5) is 0 Å². The number of ether oxygens (including phenoxy) is 1. The number of halogens is 1. The standard InChI is InChI=1S/C20H23ClO5S/c1-26-14-5-2-11(3-6-14)8-13-9-12(4-7-15(13)21)20-19(25)18(24)17(23)16(10-22)27-20/h2-7,9,16-20,22-25H,8,10H2,1H3/t16-,17-,18+,19-,20+/m1/s1. The van der Waals surface area contributed by atoms with E-state index in [2.05, 4.69) is 0 Å². The predicted molar refractivity (Wildman–Crippen MR) is 106 cm³/mol. The van der Waals surface area contributed by atoms with Crippen molar-refractivity contribution in [3.05, 3.63) is 64.2 Å². The van der Waals surface area contributed by atoms with Crippen molar-refractivity contribution in [1.29, 1.82) is 0 Å². The minimum Gasteiger partial charge on any atom is -0.497 e. The molecule has 0 aromatic heterocycles. The van der Waals surface area contributed by atoms with Gasteiger partial charge in [0.05, 0.1) is 36.4 Å². The Morgan fingerprint density at radius 3 is 2.33 bits per heavy atom. The van der Waals surface area contributed by atoms with Crippen LogP contribution in [-0.2, 0) is 6.42 Å². The first-order chi connectivity index (χ1) is 12.9. The Morgan fingerprint density at radius 2 is 1.70 bits per heavy atom. The first-order valence-electron chi connectivity index (χ1n) is 8.66. The van der Waals surface area contributed by atoms with E-state index < -0.39 is 28.8 Å². The number of thioether (sulfide) groups is 1. The molecule has 1 fully saturated rings. The van der Waals surface area contributed by atoms with Crippen molar-refractivity contribution < 1.29 is 25.2 Å². The molecule has 0 aliphatic carbocycles. The van der Waals surface area contributed by atoms with Crippen molar-refractivity contribution in [1.82, 2.24) is 0 Å². The molecule has 5 nitrogen and oxygen atoms in total. The maximum absolute atomic E-state index is 10.4. The smallest absolute Gasteiger partial charge is 0.118 e. The highest BCUT2D eigenvalue weighted by atomic mass is 35.5. The summed E-state index contributed by atoms with van der Waals surface area (Å²) in [6, 6.07) is 13.2. The number of hydrogen-bond donors (Lipinski definition) is 4. The average molecular weight is 411 g/mol. The molecule has 2 aromatic carbocycles. The molecule has 0 bridgehead atoms. The molecule has 4 N–H and O–H groups in total. The number of benzene rings is 2. The normalized spacial score (nSPS) is 28.1. The maximum Gasteiger partial charge on any atom is 0.118 e. The first-order valence-corrected chi connectivity index (χ1v) is 9.98. The van der Waals surface area contributed by atoms with Gasteiger partial charge in [-0.1, -0.05) is 35.9 Å². The molecule has 27 heavy (non-hydrogen) atoms. The summed E-state index contributed by atoms with van der Waals surface area (Å²) < 4.78 is 5.17. The van der Waals surface area contributed by atoms with Crippen LogP contribution in [0.2, 0.25) is 5.02 Å². The fourth-order valence-corrected chi connectivity index (χ4v) is 4.84. The van der Waals surface area contributed by atoms with Crippen molar-refractivity contribution in [2.75, 3.05) is 13.7 Å². The largest absolute Gasteiger partial charge is 0.497 e. The minimum atomic E-state index is -1.31. The lowest BCUT2D eigenvalue weighted by molar-refractivity contribution is -0.0700. The van der Waals surface area contributed by atoms with Gasteiger partial charge in [-0.15, -0.1) is 11.8 Å². The van der Waals surface area contributed by atoms with Crippen LogP contribution in [0.1, 0.15) is 21.9 Å². The molecule has 1 saturated heterocycles. The summed E-state index contributed by atoms with van der Waals surface area (Å²) in [6.07, 6.45) is -3.01. The van der Waals surface area contributed by atoms with Crippen molar-refractivity contribution in [3.8, 4) is 5.75 Å². The van der Waals surface area contributed by atoms with E-state index >= 15 is 0 Å². The fraction of sp³-hybridized carbons (Fsp3) is 0.400. The Hall–Kier alpha value is -1.28. The zero-order valence-corrected chi connectivity index (χ0v) is 16.4. The van der Waals surface area contributed by atoms with E-state index in [1.54, 1.807) is 19.2 Å². The highest BCUT2D eigenvalue weighted by Crippen LogP contribution is 2.43. The van der Waals surface area contributed by atoms with Crippen LogP contribution in [0.3, 0.4) is 0 Å². The minimum absolute atomic E-state index is 0.279. The summed E-state index contributed by atoms with van der Waals surface area (Å²) in [4.78, 5) is 0. The average Bonchev–Trinajstić information content (AvgIpc) is 2.69. The SMILES string of the molecule is COc1ccc(Cc2cc([C@@H]3S[C@H](CO)[C@@H](O)[C@H](O)[C@H]3O)ccc2Cl)cc1. The Labute approximate surface area is 167 Å². The highest BCUT2D eigenvalue weighted by molar-refractivity contribution is 8.00. The second-order valence-corrected chi connectivity index (χ2v) is 8.42. The summed E-state index contributed by atoms with van der Waals surface area (Å²) in [5, 5.41) is 39.6. The van der Waals surface area contributed by atoms with Crippen LogP contribution in [0, 0.1) is 0 Å². The van der Waals surface area contributed by atoms with Gasteiger partial charge in [-0.25, -0.2) is 0 Å². The van der Waals surface area contributed by atoms with E-state index in [4.69, 9.17) is 16.3 Å². The van der Waals surface area contributed by atoms with Gasteiger partial charge in [-0.05, 0) is 41.3 Å². The first kappa shape index (κ1) is 20.5. The Balaban J connectivity index is 1.85. The van der Waals surface area contributed by atoms with Gasteiger partial charge >= 0.3 is 0 Å². The molecule has 146 valence electrons. The third-order valence-corrected chi connectivity index (χ3v) is 6.83. The molecule has 5 atom stereocenters. The second kappa shape index (κ2) is 8.82. The monoisotopic (exact) mass is 410 g/mol. The van der Waals surface area contributed by atoms with E-state index in [-0.39, 0.29) is 6.61 Å². The van der Waals surface area contributed by atoms with E-state index in [1.165, 1.54) is 11.8 Å². The summed E-state index contributed by atoms with van der Waals surface area (Å²) >= 11 is 7.63. The molecule has 3 rings (SSSR count). The van der Waals surface area contributed by atoms with E-state index in [0.29, 0.717) is 11.4 Å².